The van der Waals surface area contributed by atoms with Crippen molar-refractivity contribution < 1.29 is 0 Å². The molecule has 0 saturated heterocycles. The Labute approximate surface area is 89.5 Å². The van der Waals surface area contributed by atoms with Gasteiger partial charge in [0.1, 0.15) is 0 Å². The summed E-state index contributed by atoms with van der Waals surface area (Å²) in [7, 11) is 0. The minimum absolute atomic E-state index is 0.373. The first-order valence-electron chi connectivity index (χ1n) is 5.39. The molecular formula is C11H18N2S. The second kappa shape index (κ2) is 4.91. The molecule has 1 saturated carbocycles. The third-order valence-electron chi connectivity index (χ3n) is 2.91. The van der Waals surface area contributed by atoms with Crippen molar-refractivity contribution >= 4 is 11.3 Å². The van der Waals surface area contributed by atoms with Crippen molar-refractivity contribution in [3.05, 3.63) is 22.4 Å². The topological polar surface area (TPSA) is 38.0 Å². The van der Waals surface area contributed by atoms with Crippen LogP contribution in [0.2, 0.25) is 0 Å². The Hall–Kier alpha value is -0.380. The molecule has 1 aromatic heterocycles. The van der Waals surface area contributed by atoms with Crippen molar-refractivity contribution in [1.29, 1.82) is 0 Å². The molecule has 2 nitrogen and oxygen atoms in total. The van der Waals surface area contributed by atoms with Gasteiger partial charge in [0, 0.05) is 17.5 Å². The fraction of sp³-hybridized carbons (Fsp3) is 0.636. The Morgan fingerprint density at radius 3 is 2.86 bits per heavy atom. The lowest BCUT2D eigenvalue weighted by atomic mass is 10.2. The summed E-state index contributed by atoms with van der Waals surface area (Å²) in [6, 6.07) is 5.34. The van der Waals surface area contributed by atoms with Crippen molar-refractivity contribution in [2.45, 2.75) is 37.8 Å². The van der Waals surface area contributed by atoms with Crippen LogP contribution in [0.1, 0.15) is 36.6 Å². The SMILES string of the molecule is NCC(NC1CCCC1)c1cccs1. The summed E-state index contributed by atoms with van der Waals surface area (Å²) >= 11 is 1.80. The molecule has 3 heteroatoms. The van der Waals surface area contributed by atoms with Crippen LogP contribution in [0.3, 0.4) is 0 Å². The fourth-order valence-corrected chi connectivity index (χ4v) is 2.93. The standard InChI is InChI=1S/C11H18N2S/c12-8-10(11-6-3-7-14-11)13-9-4-1-2-5-9/h3,6-7,9-10,13H,1-2,4-5,8,12H2. The van der Waals surface area contributed by atoms with Crippen LogP contribution < -0.4 is 11.1 Å². The van der Waals surface area contributed by atoms with E-state index < -0.39 is 0 Å². The average molecular weight is 210 g/mol. The summed E-state index contributed by atoms with van der Waals surface area (Å²) in [4.78, 5) is 1.37. The number of hydrogen-bond donors (Lipinski definition) is 2. The Balaban J connectivity index is 1.93. The van der Waals surface area contributed by atoms with Crippen LogP contribution >= 0.6 is 11.3 Å². The molecule has 1 unspecified atom stereocenters. The van der Waals surface area contributed by atoms with Crippen molar-refractivity contribution in [3.8, 4) is 0 Å². The van der Waals surface area contributed by atoms with Gasteiger partial charge in [-0.25, -0.2) is 0 Å². The van der Waals surface area contributed by atoms with Gasteiger partial charge in [-0.15, -0.1) is 11.3 Å². The zero-order valence-electron chi connectivity index (χ0n) is 8.41. The molecule has 0 spiro atoms. The summed E-state index contributed by atoms with van der Waals surface area (Å²) < 4.78 is 0. The number of hydrogen-bond acceptors (Lipinski definition) is 3. The highest BCUT2D eigenvalue weighted by Gasteiger charge is 2.19. The molecule has 1 aliphatic carbocycles. The van der Waals surface area contributed by atoms with E-state index in [1.807, 2.05) is 0 Å². The highest BCUT2D eigenvalue weighted by molar-refractivity contribution is 7.10. The van der Waals surface area contributed by atoms with Crippen molar-refractivity contribution in [1.82, 2.24) is 5.32 Å². The molecule has 0 amide bonds. The van der Waals surface area contributed by atoms with Gasteiger partial charge in [0.25, 0.3) is 0 Å². The normalized spacial score (nSPS) is 20.1. The van der Waals surface area contributed by atoms with Crippen LogP contribution in [0.4, 0.5) is 0 Å². The Morgan fingerprint density at radius 2 is 2.29 bits per heavy atom. The number of nitrogens with two attached hydrogens (primary N) is 1. The molecule has 1 aromatic rings. The Kier molecular flexibility index (Phi) is 3.56. The molecule has 1 atom stereocenters. The Morgan fingerprint density at radius 1 is 1.50 bits per heavy atom. The first-order chi connectivity index (χ1) is 6.90. The number of thiophene rings is 1. The zero-order chi connectivity index (χ0) is 9.80. The highest BCUT2D eigenvalue weighted by Crippen LogP contribution is 2.23. The van der Waals surface area contributed by atoms with Gasteiger partial charge in [-0.05, 0) is 24.3 Å². The maximum absolute atomic E-state index is 5.79. The number of rotatable bonds is 4. The first-order valence-corrected chi connectivity index (χ1v) is 6.27. The van der Waals surface area contributed by atoms with Crippen molar-refractivity contribution in [2.75, 3.05) is 6.54 Å². The minimum Gasteiger partial charge on any atom is -0.329 e. The third kappa shape index (κ3) is 2.35. The summed E-state index contributed by atoms with van der Waals surface area (Å²) in [6.07, 6.45) is 5.39. The minimum atomic E-state index is 0.373. The largest absolute Gasteiger partial charge is 0.329 e. The van der Waals surface area contributed by atoms with E-state index in [-0.39, 0.29) is 0 Å². The lowest BCUT2D eigenvalue weighted by Gasteiger charge is -2.20. The number of nitrogens with one attached hydrogen (secondary N) is 1. The van der Waals surface area contributed by atoms with Gasteiger partial charge >= 0.3 is 0 Å². The molecule has 0 aliphatic heterocycles. The monoisotopic (exact) mass is 210 g/mol. The van der Waals surface area contributed by atoms with Gasteiger partial charge in [-0.2, -0.15) is 0 Å². The average Bonchev–Trinajstić information content (AvgIpc) is 2.86. The van der Waals surface area contributed by atoms with E-state index in [4.69, 9.17) is 5.73 Å². The third-order valence-corrected chi connectivity index (χ3v) is 3.90. The van der Waals surface area contributed by atoms with Crippen molar-refractivity contribution in [2.24, 2.45) is 5.73 Å². The zero-order valence-corrected chi connectivity index (χ0v) is 9.22. The maximum atomic E-state index is 5.79. The molecule has 1 fully saturated rings. The molecule has 2 rings (SSSR count). The Bertz CT molecular complexity index is 252. The molecular weight excluding hydrogens is 192 g/mol. The van der Waals surface area contributed by atoms with E-state index in [0.717, 1.165) is 0 Å². The molecule has 78 valence electrons. The van der Waals surface area contributed by atoms with E-state index in [9.17, 15) is 0 Å². The van der Waals surface area contributed by atoms with Gasteiger partial charge in [0.15, 0.2) is 0 Å². The van der Waals surface area contributed by atoms with E-state index in [1.165, 1.54) is 30.6 Å². The molecule has 3 N–H and O–H groups in total. The second-order valence-corrected chi connectivity index (χ2v) is 4.93. The molecule has 0 radical (unpaired) electrons. The van der Waals surface area contributed by atoms with Gasteiger partial charge < -0.3 is 11.1 Å². The van der Waals surface area contributed by atoms with Crippen LogP contribution in [-0.4, -0.2) is 12.6 Å². The second-order valence-electron chi connectivity index (χ2n) is 3.95. The van der Waals surface area contributed by atoms with Crippen LogP contribution in [0.15, 0.2) is 17.5 Å². The lowest BCUT2D eigenvalue weighted by Crippen LogP contribution is -2.34. The summed E-state index contributed by atoms with van der Waals surface area (Å²) in [5, 5.41) is 5.77. The molecule has 0 aromatic carbocycles. The van der Waals surface area contributed by atoms with Crippen LogP contribution in [0.5, 0.6) is 0 Å². The highest BCUT2D eigenvalue weighted by atomic mass is 32.1. The van der Waals surface area contributed by atoms with Gasteiger partial charge in [-0.1, -0.05) is 18.9 Å². The fourth-order valence-electron chi connectivity index (χ4n) is 2.13. The smallest absolute Gasteiger partial charge is 0.0541 e. The molecule has 1 heterocycles. The molecule has 14 heavy (non-hydrogen) atoms. The van der Waals surface area contributed by atoms with Crippen molar-refractivity contribution in [3.63, 3.8) is 0 Å². The van der Waals surface area contributed by atoms with Gasteiger partial charge in [-0.3, -0.25) is 0 Å². The van der Waals surface area contributed by atoms with Crippen LogP contribution in [0.25, 0.3) is 0 Å². The van der Waals surface area contributed by atoms with E-state index in [0.29, 0.717) is 18.6 Å². The van der Waals surface area contributed by atoms with Crippen LogP contribution in [0, 0.1) is 0 Å². The lowest BCUT2D eigenvalue weighted by molar-refractivity contribution is 0.449. The first kappa shape index (κ1) is 10.1. The van der Waals surface area contributed by atoms with Gasteiger partial charge in [0.2, 0.25) is 0 Å². The van der Waals surface area contributed by atoms with E-state index in [1.54, 1.807) is 11.3 Å². The predicted octanol–water partition coefficient (Wildman–Crippen LogP) is 2.28. The maximum Gasteiger partial charge on any atom is 0.0541 e. The van der Waals surface area contributed by atoms with E-state index >= 15 is 0 Å². The summed E-state index contributed by atoms with van der Waals surface area (Å²) in [5.74, 6) is 0. The summed E-state index contributed by atoms with van der Waals surface area (Å²) in [6.45, 7) is 0.705. The van der Waals surface area contributed by atoms with Gasteiger partial charge in [0.05, 0.1) is 6.04 Å². The predicted molar refractivity (Wildman–Crippen MR) is 61.5 cm³/mol. The van der Waals surface area contributed by atoms with E-state index in [2.05, 4.69) is 22.8 Å². The summed E-state index contributed by atoms with van der Waals surface area (Å²) in [5.41, 5.74) is 5.79. The molecule has 0 bridgehead atoms. The quantitative estimate of drug-likeness (QED) is 0.800. The molecule has 1 aliphatic rings. The van der Waals surface area contributed by atoms with Crippen LogP contribution in [-0.2, 0) is 0 Å².